The predicted octanol–water partition coefficient (Wildman–Crippen LogP) is 1.58. The zero-order chi connectivity index (χ0) is 13.2. The smallest absolute Gasteiger partial charge is 0.236 e. The average molecular weight is 252 g/mol. The molecule has 4 nitrogen and oxygen atoms in total. The van der Waals surface area contributed by atoms with Gasteiger partial charge < -0.3 is 11.1 Å². The van der Waals surface area contributed by atoms with Gasteiger partial charge in [0.05, 0.1) is 6.54 Å². The molecule has 1 amide bonds. The van der Waals surface area contributed by atoms with E-state index in [-0.39, 0.29) is 18.1 Å². The van der Waals surface area contributed by atoms with Gasteiger partial charge in [0.2, 0.25) is 7.28 Å². The fourth-order valence-electron chi connectivity index (χ4n) is 2.52. The van der Waals surface area contributed by atoms with E-state index in [4.69, 9.17) is 5.73 Å². The second-order valence-electron chi connectivity index (χ2n) is 5.26. The van der Waals surface area contributed by atoms with Crippen molar-refractivity contribution in [2.24, 2.45) is 5.73 Å². The summed E-state index contributed by atoms with van der Waals surface area (Å²) in [5.41, 5.74) is 5.21. The number of nitrogens with one attached hydrogen (secondary N) is 1. The van der Waals surface area contributed by atoms with E-state index in [1.165, 1.54) is 44.9 Å². The van der Waals surface area contributed by atoms with Gasteiger partial charge in [-0.1, -0.05) is 50.8 Å². The third-order valence-electron chi connectivity index (χ3n) is 3.65. The van der Waals surface area contributed by atoms with E-state index in [0.29, 0.717) is 26.1 Å². The van der Waals surface area contributed by atoms with E-state index < -0.39 is 0 Å². The molecular weight excluding hydrogens is 227 g/mol. The van der Waals surface area contributed by atoms with Gasteiger partial charge in [0.15, 0.2) is 5.81 Å². The van der Waals surface area contributed by atoms with Crippen LogP contribution >= 0.6 is 0 Å². The summed E-state index contributed by atoms with van der Waals surface area (Å²) in [5.74, 6) is 0.627. The van der Waals surface area contributed by atoms with Crippen molar-refractivity contribution >= 4 is 18.9 Å². The van der Waals surface area contributed by atoms with Crippen LogP contribution in [0.1, 0.15) is 51.4 Å². The van der Waals surface area contributed by atoms with Crippen LogP contribution in [-0.2, 0) is 4.79 Å². The molecule has 0 radical (unpaired) electrons. The van der Waals surface area contributed by atoms with Crippen LogP contribution < -0.4 is 11.1 Å². The number of ketones is 1. The Morgan fingerprint density at radius 1 is 1.11 bits per heavy atom. The van der Waals surface area contributed by atoms with E-state index in [0.717, 1.165) is 0 Å². The Hall–Kier alpha value is -0.835. The molecule has 3 N–H and O–H groups in total. The Morgan fingerprint density at radius 3 is 2.33 bits per heavy atom. The fraction of sp³-hybridized carbons (Fsp3) is 0.846. The number of hydrogen-bond donors (Lipinski definition) is 2. The molecule has 0 heterocycles. The average Bonchev–Trinajstić information content (AvgIpc) is 2.32. The normalized spacial score (nSPS) is 17.6. The summed E-state index contributed by atoms with van der Waals surface area (Å²) < 4.78 is 0. The summed E-state index contributed by atoms with van der Waals surface area (Å²) in [6.45, 7) is 0.500. The van der Waals surface area contributed by atoms with E-state index in [1.807, 2.05) is 0 Å². The molecule has 5 heteroatoms. The highest BCUT2D eigenvalue weighted by molar-refractivity contribution is 6.74. The van der Waals surface area contributed by atoms with Crippen LogP contribution in [0.2, 0.25) is 5.82 Å². The lowest BCUT2D eigenvalue weighted by molar-refractivity contribution is -0.117. The first-order valence-electron chi connectivity index (χ1n) is 7.21. The second kappa shape index (κ2) is 9.14. The molecule has 0 aromatic rings. The standard InChI is InChI=1S/C13H25BN2O2/c15-10-12(17)8-9-16-13(18)14-11-6-4-2-1-3-5-7-11/h11,14H,1-10,15H2,(H,16,18). The fourth-order valence-corrected chi connectivity index (χ4v) is 2.52. The summed E-state index contributed by atoms with van der Waals surface area (Å²) in [5, 5.41) is 2.82. The number of amides is 1. The maximum Gasteiger partial charge on any atom is 0.236 e. The van der Waals surface area contributed by atoms with Crippen molar-refractivity contribution in [3.05, 3.63) is 0 Å². The van der Waals surface area contributed by atoms with Crippen LogP contribution in [0.5, 0.6) is 0 Å². The van der Waals surface area contributed by atoms with Gasteiger partial charge >= 0.3 is 0 Å². The number of rotatable bonds is 6. The van der Waals surface area contributed by atoms with Crippen molar-refractivity contribution in [3.8, 4) is 0 Å². The minimum absolute atomic E-state index is 0.00116. The summed E-state index contributed by atoms with van der Waals surface area (Å²) in [7, 11) is 0.622. The molecule has 0 aliphatic heterocycles. The van der Waals surface area contributed by atoms with Crippen molar-refractivity contribution in [2.75, 3.05) is 13.1 Å². The number of nitrogens with two attached hydrogens (primary N) is 1. The molecule has 1 saturated carbocycles. The monoisotopic (exact) mass is 252 g/mol. The molecular formula is C13H25BN2O2. The minimum Gasteiger partial charge on any atom is -0.365 e. The molecule has 0 bridgehead atoms. The summed E-state index contributed by atoms with van der Waals surface area (Å²) in [6, 6.07) is 0. The summed E-state index contributed by atoms with van der Waals surface area (Å²) in [6.07, 6.45) is 9.18. The third kappa shape index (κ3) is 6.79. The molecule has 0 spiro atoms. The molecule has 1 rings (SSSR count). The third-order valence-corrected chi connectivity index (χ3v) is 3.65. The molecule has 102 valence electrons. The quantitative estimate of drug-likeness (QED) is 0.705. The Labute approximate surface area is 110 Å². The van der Waals surface area contributed by atoms with Crippen molar-refractivity contribution < 1.29 is 9.59 Å². The molecule has 1 aliphatic rings. The van der Waals surface area contributed by atoms with Crippen LogP contribution in [0, 0.1) is 0 Å². The topological polar surface area (TPSA) is 72.2 Å². The first kappa shape index (κ1) is 15.2. The lowest BCUT2D eigenvalue weighted by atomic mass is 9.59. The maximum absolute atomic E-state index is 11.7. The zero-order valence-electron chi connectivity index (χ0n) is 11.2. The lowest BCUT2D eigenvalue weighted by Gasteiger charge is -2.18. The molecule has 0 aromatic heterocycles. The van der Waals surface area contributed by atoms with Crippen LogP contribution in [0.3, 0.4) is 0 Å². The van der Waals surface area contributed by atoms with Crippen molar-refractivity contribution in [1.29, 1.82) is 0 Å². The highest BCUT2D eigenvalue weighted by atomic mass is 16.1. The van der Waals surface area contributed by atoms with E-state index in [2.05, 4.69) is 5.32 Å². The van der Waals surface area contributed by atoms with Crippen molar-refractivity contribution in [3.63, 3.8) is 0 Å². The Bertz CT molecular complexity index is 264. The van der Waals surface area contributed by atoms with Gasteiger partial charge in [-0.05, 0) is 0 Å². The van der Waals surface area contributed by atoms with Gasteiger partial charge in [0.25, 0.3) is 0 Å². The van der Waals surface area contributed by atoms with Crippen molar-refractivity contribution in [2.45, 2.75) is 57.2 Å². The number of carbonyl (C=O) groups is 2. The lowest BCUT2D eigenvalue weighted by Crippen LogP contribution is -2.32. The SMILES string of the molecule is NCC(=O)CCNC(=O)BC1CCCCCCC1. The van der Waals surface area contributed by atoms with Gasteiger partial charge in [-0.15, -0.1) is 0 Å². The molecule has 0 unspecified atom stereocenters. The Kier molecular flexibility index (Phi) is 7.73. The van der Waals surface area contributed by atoms with E-state index in [9.17, 15) is 9.59 Å². The van der Waals surface area contributed by atoms with E-state index in [1.54, 1.807) is 0 Å². The van der Waals surface area contributed by atoms with Crippen LogP contribution in [-0.4, -0.2) is 32.0 Å². The molecule has 18 heavy (non-hydrogen) atoms. The number of hydrogen-bond acceptors (Lipinski definition) is 3. The van der Waals surface area contributed by atoms with Gasteiger partial charge in [0.1, 0.15) is 5.78 Å². The van der Waals surface area contributed by atoms with Gasteiger partial charge in [-0.2, -0.15) is 0 Å². The largest absolute Gasteiger partial charge is 0.365 e. The van der Waals surface area contributed by atoms with Crippen LogP contribution in [0.25, 0.3) is 0 Å². The Morgan fingerprint density at radius 2 is 1.72 bits per heavy atom. The van der Waals surface area contributed by atoms with Crippen LogP contribution in [0.4, 0.5) is 4.79 Å². The molecule has 0 saturated heterocycles. The Balaban J connectivity index is 2.15. The summed E-state index contributed by atoms with van der Waals surface area (Å²) in [4.78, 5) is 22.7. The molecule has 0 aromatic carbocycles. The molecule has 1 aliphatic carbocycles. The molecule has 0 atom stereocenters. The number of carbonyl (C=O) groups excluding carboxylic acids is 2. The van der Waals surface area contributed by atoms with Gasteiger partial charge in [0, 0.05) is 13.0 Å². The first-order chi connectivity index (χ1) is 8.72. The van der Waals surface area contributed by atoms with Crippen LogP contribution in [0.15, 0.2) is 0 Å². The minimum atomic E-state index is 0.00116. The second-order valence-corrected chi connectivity index (χ2v) is 5.26. The van der Waals surface area contributed by atoms with E-state index >= 15 is 0 Å². The highest BCUT2D eigenvalue weighted by Crippen LogP contribution is 2.25. The van der Waals surface area contributed by atoms with Gasteiger partial charge in [-0.25, -0.2) is 0 Å². The summed E-state index contributed by atoms with van der Waals surface area (Å²) >= 11 is 0. The first-order valence-corrected chi connectivity index (χ1v) is 7.21. The number of Topliss-reactive ketones (excluding diaryl/α,β-unsaturated/α-hetero) is 1. The zero-order valence-corrected chi connectivity index (χ0v) is 11.2. The predicted molar refractivity (Wildman–Crippen MR) is 75.3 cm³/mol. The maximum atomic E-state index is 11.7. The molecule has 1 fully saturated rings. The van der Waals surface area contributed by atoms with Gasteiger partial charge in [-0.3, -0.25) is 9.59 Å². The highest BCUT2D eigenvalue weighted by Gasteiger charge is 2.17. The van der Waals surface area contributed by atoms with Crippen molar-refractivity contribution in [1.82, 2.24) is 5.32 Å².